The van der Waals surface area contributed by atoms with Gasteiger partial charge in [-0.1, -0.05) is 36.4 Å². The molecule has 0 aliphatic carbocycles. The van der Waals surface area contributed by atoms with Gasteiger partial charge in [0.05, 0.1) is 11.7 Å². The highest BCUT2D eigenvalue weighted by Gasteiger charge is 2.19. The molecular weight excluding hydrogens is 292 g/mol. The largest absolute Gasteiger partial charge is 0.338 e. The van der Waals surface area contributed by atoms with Gasteiger partial charge >= 0.3 is 0 Å². The average Bonchev–Trinajstić information content (AvgIpc) is 2.61. The molecule has 1 aromatic carbocycles. The summed E-state index contributed by atoms with van der Waals surface area (Å²) in [4.78, 5) is 27.8. The molecule has 0 radical (unpaired) electrons. The molecule has 6 nitrogen and oxygen atoms in total. The monoisotopic (exact) mass is 306 g/mol. The van der Waals surface area contributed by atoms with Gasteiger partial charge in [0.25, 0.3) is 11.5 Å². The smallest absolute Gasteiger partial charge is 0.272 e. The summed E-state index contributed by atoms with van der Waals surface area (Å²) < 4.78 is 0. The van der Waals surface area contributed by atoms with Gasteiger partial charge in [0.1, 0.15) is 5.69 Å². The molecule has 0 fully saturated rings. The fourth-order valence-corrected chi connectivity index (χ4v) is 2.20. The fourth-order valence-electron chi connectivity index (χ4n) is 2.20. The predicted molar refractivity (Wildman–Crippen MR) is 84.8 cm³/mol. The van der Waals surface area contributed by atoms with E-state index in [1.165, 1.54) is 12.1 Å². The topological polar surface area (TPSA) is 87.7 Å². The van der Waals surface area contributed by atoms with Crippen molar-refractivity contribution < 1.29 is 4.79 Å². The molecule has 0 saturated carbocycles. The molecule has 0 saturated heterocycles. The lowest BCUT2D eigenvalue weighted by Gasteiger charge is -2.18. The SMILES string of the molecule is O=C(N[C@@H](c1ccccc1)c1ccccn1)c1ccc(=O)[nH]n1. The van der Waals surface area contributed by atoms with E-state index in [1.54, 1.807) is 6.20 Å². The van der Waals surface area contributed by atoms with Crippen LogP contribution in [-0.4, -0.2) is 21.1 Å². The van der Waals surface area contributed by atoms with Crippen molar-refractivity contribution in [1.29, 1.82) is 0 Å². The minimum atomic E-state index is -0.404. The summed E-state index contributed by atoms with van der Waals surface area (Å²) in [6, 6.07) is 17.3. The average molecular weight is 306 g/mol. The van der Waals surface area contributed by atoms with Gasteiger partial charge < -0.3 is 5.32 Å². The molecule has 0 aliphatic heterocycles. The summed E-state index contributed by atoms with van der Waals surface area (Å²) in [5.74, 6) is -0.388. The van der Waals surface area contributed by atoms with Crippen molar-refractivity contribution in [2.45, 2.75) is 6.04 Å². The molecule has 0 spiro atoms. The highest BCUT2D eigenvalue weighted by molar-refractivity contribution is 5.92. The van der Waals surface area contributed by atoms with E-state index in [0.29, 0.717) is 0 Å². The first-order valence-corrected chi connectivity index (χ1v) is 7.06. The minimum absolute atomic E-state index is 0.140. The molecule has 2 N–H and O–H groups in total. The van der Waals surface area contributed by atoms with Gasteiger partial charge in [-0.15, -0.1) is 0 Å². The molecular formula is C17H14N4O2. The first-order chi connectivity index (χ1) is 11.2. The van der Waals surface area contributed by atoms with Crippen molar-refractivity contribution in [2.24, 2.45) is 0 Å². The zero-order valence-electron chi connectivity index (χ0n) is 12.1. The fraction of sp³-hybridized carbons (Fsp3) is 0.0588. The minimum Gasteiger partial charge on any atom is -0.338 e. The first kappa shape index (κ1) is 14.6. The van der Waals surface area contributed by atoms with Crippen molar-refractivity contribution in [3.8, 4) is 0 Å². The van der Waals surface area contributed by atoms with Crippen LogP contribution in [0.2, 0.25) is 0 Å². The second-order valence-electron chi connectivity index (χ2n) is 4.88. The van der Waals surface area contributed by atoms with Crippen molar-refractivity contribution in [3.05, 3.63) is 94.2 Å². The van der Waals surface area contributed by atoms with E-state index in [2.05, 4.69) is 20.5 Å². The number of benzene rings is 1. The standard InChI is InChI=1S/C17H14N4O2/c22-15-10-9-14(20-21-15)17(23)19-16(12-6-2-1-3-7-12)13-8-4-5-11-18-13/h1-11,16H,(H,19,23)(H,21,22)/t16-/m0/s1. The molecule has 0 bridgehead atoms. The second-order valence-corrected chi connectivity index (χ2v) is 4.88. The number of aromatic amines is 1. The molecule has 23 heavy (non-hydrogen) atoms. The maximum atomic E-state index is 12.4. The molecule has 2 aromatic heterocycles. The Kier molecular flexibility index (Phi) is 4.24. The van der Waals surface area contributed by atoms with Gasteiger partial charge in [-0.2, -0.15) is 5.10 Å². The Morgan fingerprint density at radius 2 is 1.78 bits per heavy atom. The molecule has 2 heterocycles. The normalized spacial score (nSPS) is 11.7. The first-order valence-electron chi connectivity index (χ1n) is 7.06. The molecule has 1 atom stereocenters. The Balaban J connectivity index is 1.92. The lowest BCUT2D eigenvalue weighted by atomic mass is 10.0. The van der Waals surface area contributed by atoms with Crippen LogP contribution in [0.25, 0.3) is 0 Å². The maximum absolute atomic E-state index is 12.4. The van der Waals surface area contributed by atoms with E-state index in [1.807, 2.05) is 48.5 Å². The van der Waals surface area contributed by atoms with Crippen LogP contribution >= 0.6 is 0 Å². The van der Waals surface area contributed by atoms with Gasteiger partial charge in [0.15, 0.2) is 0 Å². The Morgan fingerprint density at radius 3 is 2.43 bits per heavy atom. The number of nitrogens with one attached hydrogen (secondary N) is 2. The summed E-state index contributed by atoms with van der Waals surface area (Å²) in [6.07, 6.45) is 1.68. The number of nitrogens with zero attached hydrogens (tertiary/aromatic N) is 2. The van der Waals surface area contributed by atoms with Crippen molar-refractivity contribution in [1.82, 2.24) is 20.5 Å². The Labute approximate surface area is 132 Å². The third-order valence-electron chi connectivity index (χ3n) is 3.30. The summed E-state index contributed by atoms with van der Waals surface area (Å²) in [6.45, 7) is 0. The number of hydrogen-bond donors (Lipinski definition) is 2. The van der Waals surface area contributed by atoms with Gasteiger partial charge in [-0.05, 0) is 23.8 Å². The molecule has 114 valence electrons. The van der Waals surface area contributed by atoms with Gasteiger partial charge in [-0.3, -0.25) is 14.6 Å². The van der Waals surface area contributed by atoms with Crippen molar-refractivity contribution in [2.75, 3.05) is 0 Å². The van der Waals surface area contributed by atoms with Gasteiger partial charge in [0, 0.05) is 12.3 Å². The third-order valence-corrected chi connectivity index (χ3v) is 3.30. The third kappa shape index (κ3) is 3.49. The van der Waals surface area contributed by atoms with Crippen LogP contribution in [0.5, 0.6) is 0 Å². The molecule has 0 unspecified atom stereocenters. The van der Waals surface area contributed by atoms with Crippen molar-refractivity contribution in [3.63, 3.8) is 0 Å². The number of pyridine rings is 1. The Bertz CT molecular complexity index is 787. The van der Waals surface area contributed by atoms with Crippen LogP contribution in [-0.2, 0) is 0 Å². The van der Waals surface area contributed by atoms with Gasteiger partial charge in [0.2, 0.25) is 0 Å². The van der Waals surface area contributed by atoms with Crippen LogP contribution in [0.4, 0.5) is 0 Å². The highest BCUT2D eigenvalue weighted by atomic mass is 16.2. The second kappa shape index (κ2) is 6.65. The summed E-state index contributed by atoms with van der Waals surface area (Å²) in [5, 5.41) is 8.90. The lowest BCUT2D eigenvalue weighted by Crippen LogP contribution is -2.31. The van der Waals surface area contributed by atoms with E-state index >= 15 is 0 Å². The zero-order valence-corrected chi connectivity index (χ0v) is 12.1. The highest BCUT2D eigenvalue weighted by Crippen LogP contribution is 2.20. The van der Waals surface area contributed by atoms with Crippen LogP contribution in [0.15, 0.2) is 71.7 Å². The van der Waals surface area contributed by atoms with E-state index in [-0.39, 0.29) is 17.2 Å². The van der Waals surface area contributed by atoms with Crippen LogP contribution in [0, 0.1) is 0 Å². The maximum Gasteiger partial charge on any atom is 0.272 e. The van der Waals surface area contributed by atoms with Crippen LogP contribution in [0.1, 0.15) is 27.8 Å². The quantitative estimate of drug-likeness (QED) is 0.767. The molecule has 3 rings (SSSR count). The zero-order chi connectivity index (χ0) is 16.1. The Morgan fingerprint density at radius 1 is 1.00 bits per heavy atom. The number of hydrogen-bond acceptors (Lipinski definition) is 4. The molecule has 0 aliphatic rings. The number of aromatic nitrogens is 3. The summed E-state index contributed by atoms with van der Waals surface area (Å²) in [5.41, 5.74) is 1.41. The number of carbonyl (C=O) groups excluding carboxylic acids is 1. The summed E-state index contributed by atoms with van der Waals surface area (Å²) in [7, 11) is 0. The number of H-pyrrole nitrogens is 1. The van der Waals surface area contributed by atoms with E-state index in [0.717, 1.165) is 11.3 Å². The Hall–Kier alpha value is -3.28. The summed E-state index contributed by atoms with van der Waals surface area (Å²) >= 11 is 0. The lowest BCUT2D eigenvalue weighted by molar-refractivity contribution is 0.0936. The molecule has 3 aromatic rings. The number of rotatable bonds is 4. The van der Waals surface area contributed by atoms with E-state index < -0.39 is 6.04 Å². The van der Waals surface area contributed by atoms with Gasteiger partial charge in [-0.25, -0.2) is 5.10 Å². The van der Waals surface area contributed by atoms with Crippen LogP contribution in [0.3, 0.4) is 0 Å². The van der Waals surface area contributed by atoms with Crippen molar-refractivity contribution >= 4 is 5.91 Å². The molecule has 6 heteroatoms. The van der Waals surface area contributed by atoms with Crippen LogP contribution < -0.4 is 10.9 Å². The number of carbonyl (C=O) groups is 1. The molecule has 1 amide bonds. The van der Waals surface area contributed by atoms with E-state index in [4.69, 9.17) is 0 Å². The predicted octanol–water partition coefficient (Wildman–Crippen LogP) is 1.68. The number of amides is 1. The van der Waals surface area contributed by atoms with E-state index in [9.17, 15) is 9.59 Å².